The number of hydrogen-bond acceptors (Lipinski definition) is 6. The fourth-order valence-corrected chi connectivity index (χ4v) is 1.63. The van der Waals surface area contributed by atoms with Gasteiger partial charge in [0.15, 0.2) is 11.5 Å². The Hall–Kier alpha value is -2.25. The summed E-state index contributed by atoms with van der Waals surface area (Å²) >= 11 is 0. The van der Waals surface area contributed by atoms with Gasteiger partial charge in [-0.1, -0.05) is 23.7 Å². The van der Waals surface area contributed by atoms with E-state index in [1.807, 2.05) is 0 Å². The zero-order valence-corrected chi connectivity index (χ0v) is 10.8. The molecule has 2 aromatic rings. The van der Waals surface area contributed by atoms with Crippen LogP contribution in [0.5, 0.6) is 0 Å². The third-order valence-electron chi connectivity index (χ3n) is 2.73. The molecule has 0 aliphatic carbocycles. The van der Waals surface area contributed by atoms with Crippen LogP contribution in [0.2, 0.25) is 0 Å². The van der Waals surface area contributed by atoms with Crippen molar-refractivity contribution >= 4 is 5.97 Å². The molecule has 0 spiro atoms. The van der Waals surface area contributed by atoms with Crippen LogP contribution in [0, 0.1) is 6.92 Å². The monoisotopic (exact) mass is 265 g/mol. The maximum atomic E-state index is 10.8. The Balaban J connectivity index is 2.08. The van der Waals surface area contributed by atoms with Gasteiger partial charge in [0.05, 0.1) is 5.69 Å². The molecule has 8 heteroatoms. The summed E-state index contributed by atoms with van der Waals surface area (Å²) in [5, 5.41) is 20.1. The molecule has 0 fully saturated rings. The summed E-state index contributed by atoms with van der Waals surface area (Å²) in [6.45, 7) is 3.95. The topological polar surface area (TPSA) is 107 Å². The highest BCUT2D eigenvalue weighted by molar-refractivity contribution is 5.86. The molecular formula is C11H15N5O3. The first-order chi connectivity index (χ1) is 9.11. The Morgan fingerprint density at radius 2 is 2.26 bits per heavy atom. The lowest BCUT2D eigenvalue weighted by atomic mass is 10.2. The minimum Gasteiger partial charge on any atom is -0.476 e. The summed E-state index contributed by atoms with van der Waals surface area (Å²) in [7, 11) is 0. The Kier molecular flexibility index (Phi) is 3.88. The van der Waals surface area contributed by atoms with Gasteiger partial charge in [0.1, 0.15) is 6.54 Å². The van der Waals surface area contributed by atoms with Crippen LogP contribution in [0.4, 0.5) is 0 Å². The minimum atomic E-state index is -1.10. The van der Waals surface area contributed by atoms with Crippen molar-refractivity contribution in [1.29, 1.82) is 0 Å². The molecule has 2 rings (SSSR count). The predicted molar refractivity (Wildman–Crippen MR) is 63.7 cm³/mol. The van der Waals surface area contributed by atoms with Gasteiger partial charge in [0.2, 0.25) is 5.89 Å². The summed E-state index contributed by atoms with van der Waals surface area (Å²) < 4.78 is 6.52. The van der Waals surface area contributed by atoms with Gasteiger partial charge in [-0.25, -0.2) is 9.48 Å². The number of rotatable bonds is 6. The number of aromatic nitrogens is 5. The second-order valence-electron chi connectivity index (χ2n) is 4.19. The summed E-state index contributed by atoms with van der Waals surface area (Å²) in [5.41, 5.74) is 0.395. The number of aryl methyl sites for hydroxylation is 1. The number of carboxylic acid groups (broad SMARTS) is 1. The van der Waals surface area contributed by atoms with Crippen LogP contribution in [-0.2, 0) is 13.0 Å². The molecule has 1 N–H and O–H groups in total. The van der Waals surface area contributed by atoms with Gasteiger partial charge in [-0.15, -0.1) is 5.10 Å². The zero-order chi connectivity index (χ0) is 13.8. The van der Waals surface area contributed by atoms with Crippen molar-refractivity contribution in [1.82, 2.24) is 25.1 Å². The van der Waals surface area contributed by atoms with Crippen molar-refractivity contribution in [3.63, 3.8) is 0 Å². The lowest BCUT2D eigenvalue weighted by Crippen LogP contribution is -2.06. The molecule has 102 valence electrons. The summed E-state index contributed by atoms with van der Waals surface area (Å²) in [4.78, 5) is 15.1. The fourth-order valence-electron chi connectivity index (χ4n) is 1.63. The van der Waals surface area contributed by atoms with Crippen LogP contribution in [-0.4, -0.2) is 36.2 Å². The normalized spacial score (nSPS) is 10.8. The van der Waals surface area contributed by atoms with E-state index in [-0.39, 0.29) is 12.2 Å². The number of unbranched alkanes of at least 4 members (excludes halogenated alkanes) is 1. The average Bonchev–Trinajstić information content (AvgIpc) is 2.95. The highest BCUT2D eigenvalue weighted by atomic mass is 16.5. The van der Waals surface area contributed by atoms with Gasteiger partial charge in [0.25, 0.3) is 0 Å². The number of hydrogen-bond donors (Lipinski definition) is 1. The van der Waals surface area contributed by atoms with Gasteiger partial charge in [-0.3, -0.25) is 0 Å². The fraction of sp³-hybridized carbons (Fsp3) is 0.545. The Morgan fingerprint density at radius 1 is 1.47 bits per heavy atom. The summed E-state index contributed by atoms with van der Waals surface area (Å²) in [5.74, 6) is -0.0398. The smallest absolute Gasteiger partial charge is 0.358 e. The highest BCUT2D eigenvalue weighted by Gasteiger charge is 2.16. The maximum absolute atomic E-state index is 10.8. The van der Waals surface area contributed by atoms with E-state index in [4.69, 9.17) is 9.63 Å². The number of nitrogens with zero attached hydrogens (tertiary/aromatic N) is 5. The van der Waals surface area contributed by atoms with E-state index in [0.717, 1.165) is 19.3 Å². The molecule has 0 saturated heterocycles. The molecule has 8 nitrogen and oxygen atoms in total. The van der Waals surface area contributed by atoms with E-state index >= 15 is 0 Å². The molecule has 0 unspecified atom stereocenters. The van der Waals surface area contributed by atoms with Crippen molar-refractivity contribution in [2.45, 2.75) is 39.7 Å². The van der Waals surface area contributed by atoms with Crippen molar-refractivity contribution in [2.75, 3.05) is 0 Å². The molecule has 0 aliphatic heterocycles. The maximum Gasteiger partial charge on any atom is 0.358 e. The van der Waals surface area contributed by atoms with Gasteiger partial charge >= 0.3 is 5.97 Å². The lowest BCUT2D eigenvalue weighted by Gasteiger charge is -1.97. The van der Waals surface area contributed by atoms with Crippen molar-refractivity contribution < 1.29 is 14.4 Å². The van der Waals surface area contributed by atoms with E-state index < -0.39 is 5.97 Å². The number of carboxylic acids is 1. The van der Waals surface area contributed by atoms with Gasteiger partial charge in [-0.2, -0.15) is 4.98 Å². The van der Waals surface area contributed by atoms with Crippen molar-refractivity contribution in [3.8, 4) is 0 Å². The second-order valence-corrected chi connectivity index (χ2v) is 4.19. The van der Waals surface area contributed by atoms with E-state index in [2.05, 4.69) is 27.4 Å². The highest BCUT2D eigenvalue weighted by Crippen LogP contribution is 2.08. The van der Waals surface area contributed by atoms with E-state index in [1.54, 1.807) is 6.92 Å². The first kappa shape index (κ1) is 13.2. The number of carbonyl (C=O) groups is 1. The molecule has 2 aromatic heterocycles. The molecule has 0 amide bonds. The third kappa shape index (κ3) is 2.95. The van der Waals surface area contributed by atoms with E-state index in [1.165, 1.54) is 4.68 Å². The Morgan fingerprint density at radius 3 is 2.89 bits per heavy atom. The second kappa shape index (κ2) is 5.59. The quantitative estimate of drug-likeness (QED) is 0.831. The first-order valence-corrected chi connectivity index (χ1v) is 6.06. The SMILES string of the molecule is CCCCc1noc(Cn2nnc(C(=O)O)c2C)n1. The lowest BCUT2D eigenvalue weighted by molar-refractivity contribution is 0.0689. The van der Waals surface area contributed by atoms with E-state index in [0.29, 0.717) is 17.4 Å². The molecule has 0 saturated carbocycles. The minimum absolute atomic E-state index is 0.0641. The third-order valence-corrected chi connectivity index (χ3v) is 2.73. The van der Waals surface area contributed by atoms with Crippen molar-refractivity contribution in [2.24, 2.45) is 0 Å². The molecule has 0 aliphatic rings. The molecule has 0 aromatic carbocycles. The molecule has 0 bridgehead atoms. The van der Waals surface area contributed by atoms with Gasteiger partial charge in [-0.05, 0) is 13.3 Å². The summed E-state index contributed by atoms with van der Waals surface area (Å²) in [6.07, 6.45) is 2.84. The largest absolute Gasteiger partial charge is 0.476 e. The van der Waals surface area contributed by atoms with Crippen LogP contribution in [0.1, 0.15) is 47.7 Å². The van der Waals surface area contributed by atoms with Crippen LogP contribution < -0.4 is 0 Å². The molecule has 19 heavy (non-hydrogen) atoms. The van der Waals surface area contributed by atoms with Crippen molar-refractivity contribution in [3.05, 3.63) is 23.1 Å². The predicted octanol–water partition coefficient (Wildman–Crippen LogP) is 1.06. The Labute approximate surface area is 109 Å². The molecule has 2 heterocycles. The zero-order valence-electron chi connectivity index (χ0n) is 10.8. The van der Waals surface area contributed by atoms with Crippen LogP contribution in [0.25, 0.3) is 0 Å². The van der Waals surface area contributed by atoms with Crippen LogP contribution in [0.3, 0.4) is 0 Å². The number of aromatic carboxylic acids is 1. The first-order valence-electron chi connectivity index (χ1n) is 6.06. The molecular weight excluding hydrogens is 250 g/mol. The van der Waals surface area contributed by atoms with Gasteiger partial charge < -0.3 is 9.63 Å². The van der Waals surface area contributed by atoms with Crippen LogP contribution in [0.15, 0.2) is 4.52 Å². The van der Waals surface area contributed by atoms with Crippen LogP contribution >= 0.6 is 0 Å². The standard InChI is InChI=1S/C11H15N5O3/c1-3-4-5-8-12-9(19-14-8)6-16-7(2)10(11(17)18)13-15-16/h3-6H2,1-2H3,(H,17,18). The van der Waals surface area contributed by atoms with E-state index in [9.17, 15) is 4.79 Å². The molecule has 0 atom stereocenters. The summed E-state index contributed by atoms with van der Waals surface area (Å²) in [6, 6.07) is 0. The Bertz CT molecular complexity index is 575. The van der Waals surface area contributed by atoms with Gasteiger partial charge in [0, 0.05) is 6.42 Å². The average molecular weight is 265 g/mol. The molecule has 0 radical (unpaired) electrons.